The van der Waals surface area contributed by atoms with E-state index in [4.69, 9.17) is 17.9 Å². The maximum absolute atomic E-state index is 11.6. The Morgan fingerprint density at radius 2 is 2.18 bits per heavy atom. The topological polar surface area (TPSA) is 98.2 Å². The predicted molar refractivity (Wildman–Crippen MR) is 64.8 cm³/mol. The third kappa shape index (κ3) is 3.97. The average Bonchev–Trinajstić information content (AvgIpc) is 2.28. The number of nitrogens with one attached hydrogen (secondary N) is 1. The van der Waals surface area contributed by atoms with Crippen molar-refractivity contribution in [3.63, 3.8) is 0 Å². The van der Waals surface area contributed by atoms with Crippen LogP contribution < -0.4 is 16.8 Å². The zero-order chi connectivity index (χ0) is 12.8. The molecule has 0 fully saturated rings. The Bertz CT molecular complexity index is 477. The summed E-state index contributed by atoms with van der Waals surface area (Å²) in [4.78, 5) is 22.2. The van der Waals surface area contributed by atoms with Crippen LogP contribution in [0.15, 0.2) is 24.3 Å². The zero-order valence-electron chi connectivity index (χ0n) is 9.14. The molecule has 1 aromatic rings. The molecule has 5 heteroatoms. The number of nitrogens with two attached hydrogens (primary N) is 2. The summed E-state index contributed by atoms with van der Waals surface area (Å²) in [5, 5.41) is 2.55. The smallest absolute Gasteiger partial charge is 0.241 e. The largest absolute Gasteiger partial charge is 0.370 e. The highest BCUT2D eigenvalue weighted by Gasteiger charge is 2.15. The van der Waals surface area contributed by atoms with E-state index in [9.17, 15) is 9.59 Å². The average molecular weight is 231 g/mol. The van der Waals surface area contributed by atoms with Crippen molar-refractivity contribution in [2.45, 2.75) is 12.5 Å². The molecular weight excluding hydrogens is 218 g/mol. The standard InChI is InChI=1S/C12H13N3O2/c1-2-8-4-3-5-9(6-8)15-12(17)10(13)7-11(14)16/h1,3-6,10H,7,13H2,(H2,14,16)(H,15,17). The van der Waals surface area contributed by atoms with Crippen LogP contribution in [-0.2, 0) is 9.59 Å². The Morgan fingerprint density at radius 1 is 1.47 bits per heavy atom. The van der Waals surface area contributed by atoms with Crippen molar-refractivity contribution >= 4 is 17.5 Å². The Hall–Kier alpha value is -2.32. The number of anilines is 1. The summed E-state index contributed by atoms with van der Waals surface area (Å²) < 4.78 is 0. The molecule has 1 rings (SSSR count). The molecule has 0 aliphatic heterocycles. The van der Waals surface area contributed by atoms with Gasteiger partial charge in [0.2, 0.25) is 11.8 Å². The van der Waals surface area contributed by atoms with Gasteiger partial charge in [-0.05, 0) is 18.2 Å². The summed E-state index contributed by atoms with van der Waals surface area (Å²) in [5.41, 5.74) is 11.6. The molecule has 0 aromatic heterocycles. The van der Waals surface area contributed by atoms with Gasteiger partial charge in [-0.25, -0.2) is 0 Å². The van der Waals surface area contributed by atoms with Crippen LogP contribution in [0.3, 0.4) is 0 Å². The van der Waals surface area contributed by atoms with E-state index >= 15 is 0 Å². The number of hydrogen-bond acceptors (Lipinski definition) is 3. The number of rotatable bonds is 4. The fraction of sp³-hybridized carbons (Fsp3) is 0.167. The normalized spacial score (nSPS) is 11.3. The van der Waals surface area contributed by atoms with Crippen LogP contribution in [0.25, 0.3) is 0 Å². The Labute approximate surface area is 99.2 Å². The van der Waals surface area contributed by atoms with E-state index in [0.717, 1.165) is 0 Å². The first-order chi connectivity index (χ1) is 8.02. The molecule has 1 unspecified atom stereocenters. The van der Waals surface area contributed by atoms with Crippen molar-refractivity contribution in [3.05, 3.63) is 29.8 Å². The molecule has 0 spiro atoms. The van der Waals surface area contributed by atoms with Crippen molar-refractivity contribution in [2.24, 2.45) is 11.5 Å². The van der Waals surface area contributed by atoms with Crippen LogP contribution in [0.1, 0.15) is 12.0 Å². The van der Waals surface area contributed by atoms with Gasteiger partial charge in [0.25, 0.3) is 0 Å². The summed E-state index contributed by atoms with van der Waals surface area (Å²) >= 11 is 0. The minimum Gasteiger partial charge on any atom is -0.370 e. The van der Waals surface area contributed by atoms with Crippen molar-refractivity contribution in [1.82, 2.24) is 0 Å². The lowest BCUT2D eigenvalue weighted by Crippen LogP contribution is -2.38. The van der Waals surface area contributed by atoms with Gasteiger partial charge < -0.3 is 16.8 Å². The van der Waals surface area contributed by atoms with Crippen molar-refractivity contribution < 1.29 is 9.59 Å². The van der Waals surface area contributed by atoms with Crippen LogP contribution in [0, 0.1) is 12.3 Å². The fourth-order valence-corrected chi connectivity index (χ4v) is 1.23. The molecule has 0 aliphatic carbocycles. The molecule has 0 aliphatic rings. The molecule has 0 heterocycles. The number of hydrogen-bond donors (Lipinski definition) is 3. The Morgan fingerprint density at radius 3 is 2.76 bits per heavy atom. The fourth-order valence-electron chi connectivity index (χ4n) is 1.23. The van der Waals surface area contributed by atoms with E-state index < -0.39 is 17.9 Å². The second-order valence-electron chi connectivity index (χ2n) is 3.49. The monoisotopic (exact) mass is 231 g/mol. The van der Waals surface area contributed by atoms with Crippen molar-refractivity contribution in [1.29, 1.82) is 0 Å². The predicted octanol–water partition coefficient (Wildman–Crippen LogP) is -0.191. The van der Waals surface area contributed by atoms with E-state index in [2.05, 4.69) is 11.2 Å². The van der Waals surface area contributed by atoms with Crippen LogP contribution in [0.4, 0.5) is 5.69 Å². The van der Waals surface area contributed by atoms with E-state index in [0.29, 0.717) is 11.3 Å². The van der Waals surface area contributed by atoms with Gasteiger partial charge in [-0.1, -0.05) is 12.0 Å². The van der Waals surface area contributed by atoms with Crippen LogP contribution in [0.2, 0.25) is 0 Å². The number of benzene rings is 1. The van der Waals surface area contributed by atoms with E-state index in [1.165, 1.54) is 0 Å². The lowest BCUT2D eigenvalue weighted by atomic mass is 10.1. The minimum absolute atomic E-state index is 0.194. The SMILES string of the molecule is C#Cc1cccc(NC(=O)C(N)CC(N)=O)c1. The summed E-state index contributed by atoms with van der Waals surface area (Å²) in [6.07, 6.45) is 5.03. The number of primary amides is 1. The van der Waals surface area contributed by atoms with Crippen LogP contribution in [-0.4, -0.2) is 17.9 Å². The second-order valence-corrected chi connectivity index (χ2v) is 3.49. The van der Waals surface area contributed by atoms with E-state index in [1.807, 2.05) is 0 Å². The van der Waals surface area contributed by atoms with Gasteiger partial charge in [0, 0.05) is 11.3 Å². The summed E-state index contributed by atoms with van der Waals surface area (Å²) in [5.74, 6) is 1.35. The van der Waals surface area contributed by atoms with Crippen LogP contribution >= 0.6 is 0 Å². The van der Waals surface area contributed by atoms with Gasteiger partial charge in [-0.3, -0.25) is 9.59 Å². The highest BCUT2D eigenvalue weighted by atomic mass is 16.2. The first-order valence-electron chi connectivity index (χ1n) is 4.94. The summed E-state index contributed by atoms with van der Waals surface area (Å²) in [7, 11) is 0. The number of amides is 2. The second kappa shape index (κ2) is 5.68. The molecule has 0 saturated heterocycles. The maximum Gasteiger partial charge on any atom is 0.241 e. The van der Waals surface area contributed by atoms with Crippen molar-refractivity contribution in [3.8, 4) is 12.3 Å². The summed E-state index contributed by atoms with van der Waals surface area (Å²) in [6.45, 7) is 0. The molecule has 5 nitrogen and oxygen atoms in total. The molecule has 0 radical (unpaired) electrons. The van der Waals surface area contributed by atoms with E-state index in [-0.39, 0.29) is 6.42 Å². The summed E-state index contributed by atoms with van der Waals surface area (Å²) in [6, 6.07) is 5.80. The molecule has 88 valence electrons. The molecule has 17 heavy (non-hydrogen) atoms. The molecule has 1 aromatic carbocycles. The Balaban J connectivity index is 2.68. The number of carbonyl (C=O) groups is 2. The Kier molecular flexibility index (Phi) is 4.26. The number of terminal acetylenes is 1. The van der Waals surface area contributed by atoms with Gasteiger partial charge >= 0.3 is 0 Å². The lowest BCUT2D eigenvalue weighted by Gasteiger charge is -2.10. The molecule has 0 bridgehead atoms. The highest BCUT2D eigenvalue weighted by Crippen LogP contribution is 2.10. The molecule has 5 N–H and O–H groups in total. The highest BCUT2D eigenvalue weighted by molar-refractivity contribution is 5.97. The third-order valence-corrected chi connectivity index (χ3v) is 2.05. The van der Waals surface area contributed by atoms with Crippen molar-refractivity contribution in [2.75, 3.05) is 5.32 Å². The first-order valence-corrected chi connectivity index (χ1v) is 4.94. The van der Waals surface area contributed by atoms with Gasteiger partial charge in [0.1, 0.15) is 0 Å². The van der Waals surface area contributed by atoms with E-state index in [1.54, 1.807) is 24.3 Å². The minimum atomic E-state index is -0.956. The quantitative estimate of drug-likeness (QED) is 0.626. The first kappa shape index (κ1) is 12.7. The third-order valence-electron chi connectivity index (χ3n) is 2.05. The van der Waals surface area contributed by atoms with Gasteiger partial charge in [0.05, 0.1) is 12.5 Å². The van der Waals surface area contributed by atoms with Gasteiger partial charge in [-0.15, -0.1) is 6.42 Å². The van der Waals surface area contributed by atoms with Gasteiger partial charge in [0.15, 0.2) is 0 Å². The molecule has 0 saturated carbocycles. The maximum atomic E-state index is 11.6. The zero-order valence-corrected chi connectivity index (χ0v) is 9.14. The molecule has 1 atom stereocenters. The number of carbonyl (C=O) groups excluding carboxylic acids is 2. The van der Waals surface area contributed by atoms with Crippen LogP contribution in [0.5, 0.6) is 0 Å². The molecular formula is C12H13N3O2. The van der Waals surface area contributed by atoms with Gasteiger partial charge in [-0.2, -0.15) is 0 Å². The molecule has 2 amide bonds. The lowest BCUT2D eigenvalue weighted by molar-refractivity contribution is -0.123.